The van der Waals surface area contributed by atoms with Crippen LogP contribution in [0.5, 0.6) is 0 Å². The summed E-state index contributed by atoms with van der Waals surface area (Å²) in [6.45, 7) is 3.80. The topological polar surface area (TPSA) is 80.0 Å². The van der Waals surface area contributed by atoms with Gasteiger partial charge in [-0.05, 0) is 32.0 Å². The summed E-state index contributed by atoms with van der Waals surface area (Å²) >= 11 is 0. The number of rotatable bonds is 3. The Morgan fingerprint density at radius 2 is 2.44 bits per heavy atom. The van der Waals surface area contributed by atoms with Gasteiger partial charge in [-0.25, -0.2) is 4.98 Å². The van der Waals surface area contributed by atoms with Crippen LogP contribution in [0, 0.1) is 6.92 Å². The smallest absolute Gasteiger partial charge is 0.248 e. The zero-order valence-electron chi connectivity index (χ0n) is 9.29. The molecule has 5 nitrogen and oxygen atoms in total. The first-order valence-electron chi connectivity index (χ1n) is 5.41. The fraction of sp³-hybridized carbons (Fsp3) is 0.455. The van der Waals surface area contributed by atoms with E-state index < -0.39 is 5.91 Å². The van der Waals surface area contributed by atoms with E-state index in [0.717, 1.165) is 31.0 Å². The molecule has 2 rings (SSSR count). The number of nitrogens with two attached hydrogens (primary N) is 1. The monoisotopic (exact) mass is 220 g/mol. The molecule has 1 aromatic heterocycles. The highest BCUT2D eigenvalue weighted by Crippen LogP contribution is 2.12. The second-order valence-electron chi connectivity index (χ2n) is 4.08. The molecule has 1 saturated heterocycles. The van der Waals surface area contributed by atoms with E-state index in [1.165, 1.54) is 0 Å². The third-order valence-electron chi connectivity index (χ3n) is 2.65. The van der Waals surface area contributed by atoms with Crippen LogP contribution in [0.15, 0.2) is 12.1 Å². The van der Waals surface area contributed by atoms with Crippen molar-refractivity contribution in [2.45, 2.75) is 19.4 Å². The zero-order valence-corrected chi connectivity index (χ0v) is 9.29. The minimum absolute atomic E-state index is 0.384. The van der Waals surface area contributed by atoms with Gasteiger partial charge < -0.3 is 16.4 Å². The molecule has 2 heterocycles. The molecule has 0 bridgehead atoms. The number of anilines is 1. The maximum absolute atomic E-state index is 11.1. The molecule has 1 atom stereocenters. The minimum atomic E-state index is -0.418. The van der Waals surface area contributed by atoms with Crippen LogP contribution >= 0.6 is 0 Å². The highest BCUT2D eigenvalue weighted by atomic mass is 16.1. The Balaban J connectivity index is 2.16. The lowest BCUT2D eigenvalue weighted by molar-refractivity contribution is 0.1000. The van der Waals surface area contributed by atoms with Gasteiger partial charge in [-0.15, -0.1) is 0 Å². The van der Waals surface area contributed by atoms with Crippen molar-refractivity contribution in [3.63, 3.8) is 0 Å². The molecule has 1 fully saturated rings. The number of carbonyl (C=O) groups excluding carboxylic acids is 1. The molecular weight excluding hydrogens is 204 g/mol. The quantitative estimate of drug-likeness (QED) is 0.682. The summed E-state index contributed by atoms with van der Waals surface area (Å²) in [4.78, 5) is 15.4. The molecule has 5 heteroatoms. The average Bonchev–Trinajstić information content (AvgIpc) is 2.69. The van der Waals surface area contributed by atoms with Gasteiger partial charge in [0.15, 0.2) is 0 Å². The summed E-state index contributed by atoms with van der Waals surface area (Å²) in [6.07, 6.45) is 1.07. The molecule has 1 aromatic rings. The SMILES string of the molecule is Cc1cc(C(N)=O)cc(NC2CCNC2)n1. The van der Waals surface area contributed by atoms with Crippen molar-refractivity contribution in [2.75, 3.05) is 18.4 Å². The molecule has 4 N–H and O–H groups in total. The zero-order chi connectivity index (χ0) is 11.5. The van der Waals surface area contributed by atoms with Gasteiger partial charge in [0.25, 0.3) is 0 Å². The van der Waals surface area contributed by atoms with Crippen molar-refractivity contribution in [1.82, 2.24) is 10.3 Å². The summed E-state index contributed by atoms with van der Waals surface area (Å²) in [6, 6.07) is 3.78. The maximum Gasteiger partial charge on any atom is 0.248 e. The first-order valence-corrected chi connectivity index (χ1v) is 5.41. The second-order valence-corrected chi connectivity index (χ2v) is 4.08. The van der Waals surface area contributed by atoms with Gasteiger partial charge in [0.1, 0.15) is 5.82 Å². The van der Waals surface area contributed by atoms with Crippen LogP contribution in [0.4, 0.5) is 5.82 Å². The molecule has 0 radical (unpaired) electrons. The molecule has 1 aliphatic rings. The first kappa shape index (κ1) is 10.9. The van der Waals surface area contributed by atoms with Crippen molar-refractivity contribution in [1.29, 1.82) is 0 Å². The maximum atomic E-state index is 11.1. The number of hydrogen-bond donors (Lipinski definition) is 3. The van der Waals surface area contributed by atoms with Crippen LogP contribution in [0.3, 0.4) is 0 Å². The Morgan fingerprint density at radius 3 is 3.06 bits per heavy atom. The van der Waals surface area contributed by atoms with Crippen molar-refractivity contribution < 1.29 is 4.79 Å². The lowest BCUT2D eigenvalue weighted by Gasteiger charge is -2.13. The number of nitrogens with one attached hydrogen (secondary N) is 2. The van der Waals surface area contributed by atoms with Gasteiger partial charge >= 0.3 is 0 Å². The van der Waals surface area contributed by atoms with Crippen molar-refractivity contribution in [2.24, 2.45) is 5.73 Å². The second kappa shape index (κ2) is 4.49. The van der Waals surface area contributed by atoms with Crippen LogP contribution < -0.4 is 16.4 Å². The van der Waals surface area contributed by atoms with E-state index in [1.807, 2.05) is 6.92 Å². The lowest BCUT2D eigenvalue weighted by atomic mass is 10.2. The molecule has 86 valence electrons. The van der Waals surface area contributed by atoms with Crippen LogP contribution in [0.2, 0.25) is 0 Å². The predicted molar refractivity (Wildman–Crippen MR) is 62.4 cm³/mol. The largest absolute Gasteiger partial charge is 0.366 e. The van der Waals surface area contributed by atoms with Crippen LogP contribution in [0.1, 0.15) is 22.5 Å². The van der Waals surface area contributed by atoms with E-state index in [9.17, 15) is 4.79 Å². The fourth-order valence-corrected chi connectivity index (χ4v) is 1.87. The van der Waals surface area contributed by atoms with Gasteiger partial charge in [-0.1, -0.05) is 0 Å². The highest BCUT2D eigenvalue weighted by Gasteiger charge is 2.15. The predicted octanol–water partition coefficient (Wildman–Crippen LogP) is 0.263. The Hall–Kier alpha value is -1.62. The van der Waals surface area contributed by atoms with Gasteiger partial charge in [-0.2, -0.15) is 0 Å². The number of carbonyl (C=O) groups is 1. The summed E-state index contributed by atoms with van der Waals surface area (Å²) < 4.78 is 0. The molecule has 0 saturated carbocycles. The number of nitrogens with zero attached hydrogens (tertiary/aromatic N) is 1. The summed E-state index contributed by atoms with van der Waals surface area (Å²) in [5.41, 5.74) is 6.55. The molecule has 16 heavy (non-hydrogen) atoms. The molecule has 1 aliphatic heterocycles. The number of aromatic nitrogens is 1. The summed E-state index contributed by atoms with van der Waals surface area (Å²) in [7, 11) is 0. The van der Waals surface area contributed by atoms with E-state index in [1.54, 1.807) is 12.1 Å². The van der Waals surface area contributed by atoms with Crippen LogP contribution in [-0.2, 0) is 0 Å². The van der Waals surface area contributed by atoms with E-state index in [4.69, 9.17) is 5.73 Å². The van der Waals surface area contributed by atoms with Crippen LogP contribution in [0.25, 0.3) is 0 Å². The van der Waals surface area contributed by atoms with Gasteiger partial charge in [0.05, 0.1) is 0 Å². The normalized spacial score (nSPS) is 19.7. The minimum Gasteiger partial charge on any atom is -0.366 e. The molecular formula is C11H16N4O. The van der Waals surface area contributed by atoms with Crippen LogP contribution in [-0.4, -0.2) is 30.0 Å². The van der Waals surface area contributed by atoms with E-state index in [-0.39, 0.29) is 0 Å². The third kappa shape index (κ3) is 2.49. The van der Waals surface area contributed by atoms with E-state index >= 15 is 0 Å². The van der Waals surface area contributed by atoms with Crippen molar-refractivity contribution in [3.05, 3.63) is 23.4 Å². The van der Waals surface area contributed by atoms with Gasteiger partial charge in [0.2, 0.25) is 5.91 Å². The first-order chi connectivity index (χ1) is 7.65. The summed E-state index contributed by atoms with van der Waals surface area (Å²) in [5.74, 6) is 0.306. The van der Waals surface area contributed by atoms with Crippen molar-refractivity contribution >= 4 is 11.7 Å². The average molecular weight is 220 g/mol. The van der Waals surface area contributed by atoms with E-state index in [0.29, 0.717) is 11.6 Å². The van der Waals surface area contributed by atoms with E-state index in [2.05, 4.69) is 15.6 Å². The lowest BCUT2D eigenvalue weighted by Crippen LogP contribution is -2.23. The number of amides is 1. The highest BCUT2D eigenvalue weighted by molar-refractivity contribution is 5.93. The third-order valence-corrected chi connectivity index (χ3v) is 2.65. The fourth-order valence-electron chi connectivity index (χ4n) is 1.87. The van der Waals surface area contributed by atoms with Gasteiger partial charge in [-0.3, -0.25) is 4.79 Å². The molecule has 0 spiro atoms. The summed E-state index contributed by atoms with van der Waals surface area (Å²) in [5, 5.41) is 6.56. The number of aryl methyl sites for hydroxylation is 1. The Bertz CT molecular complexity index is 399. The van der Waals surface area contributed by atoms with Gasteiger partial charge in [0, 0.05) is 23.8 Å². The Labute approximate surface area is 94.4 Å². The number of hydrogen-bond acceptors (Lipinski definition) is 4. The standard InChI is InChI=1S/C11H16N4O/c1-7-4-8(11(12)16)5-10(14-7)15-9-2-3-13-6-9/h4-5,9,13H,2-3,6H2,1H3,(H2,12,16)(H,14,15). The van der Waals surface area contributed by atoms with Crippen molar-refractivity contribution in [3.8, 4) is 0 Å². The number of primary amides is 1. The Kier molecular flexibility index (Phi) is 3.05. The molecule has 1 amide bonds. The Morgan fingerprint density at radius 1 is 1.62 bits per heavy atom. The number of pyridine rings is 1. The molecule has 0 aromatic carbocycles. The molecule has 1 unspecified atom stereocenters. The molecule has 0 aliphatic carbocycles.